The van der Waals surface area contributed by atoms with Crippen molar-refractivity contribution in [3.05, 3.63) is 36.5 Å². The lowest BCUT2D eigenvalue weighted by atomic mass is 10.0. The third-order valence-corrected chi connectivity index (χ3v) is 18.1. The molecule has 86 heavy (non-hydrogen) atoms. The highest BCUT2D eigenvalue weighted by Gasteiger charge is 2.27. The maximum Gasteiger partial charge on any atom is 0.472 e. The van der Waals surface area contributed by atoms with Gasteiger partial charge in [-0.1, -0.05) is 339 Å². The van der Waals surface area contributed by atoms with Crippen LogP contribution in [0.25, 0.3) is 0 Å². The number of rotatable bonds is 71. The minimum Gasteiger partial charge on any atom is -0.462 e. The highest BCUT2D eigenvalue weighted by atomic mass is 31.2. The number of allylic oxidation sites excluding steroid dienone is 6. The first kappa shape index (κ1) is 84.2. The maximum atomic E-state index is 12.9. The Labute approximate surface area is 535 Å². The molecule has 0 aliphatic carbocycles. The fourth-order valence-electron chi connectivity index (χ4n) is 11.3. The van der Waals surface area contributed by atoms with E-state index in [1.54, 1.807) is 0 Å². The van der Waals surface area contributed by atoms with Gasteiger partial charge < -0.3 is 18.9 Å². The number of likely N-dealkylation sites (N-methyl/N-ethyl adjacent to an activating group) is 1. The molecule has 508 valence electrons. The van der Waals surface area contributed by atoms with Crippen LogP contribution < -0.4 is 0 Å². The number of quaternary nitrogens is 1. The van der Waals surface area contributed by atoms with E-state index in [1.165, 1.54) is 315 Å². The van der Waals surface area contributed by atoms with Gasteiger partial charge in [-0.05, 0) is 70.6 Å². The second-order valence-corrected chi connectivity index (χ2v) is 28.5. The monoisotopic (exact) mass is 1230 g/mol. The molecule has 0 rings (SSSR count). The summed E-state index contributed by atoms with van der Waals surface area (Å²) in [4.78, 5) is 35.9. The zero-order valence-corrected chi connectivity index (χ0v) is 59.0. The number of unbranched alkanes of at least 4 members (excludes halogenated alkanes) is 51. The van der Waals surface area contributed by atoms with Gasteiger partial charge in [-0.15, -0.1) is 0 Å². The first-order chi connectivity index (χ1) is 42.0. The van der Waals surface area contributed by atoms with Gasteiger partial charge in [0, 0.05) is 12.8 Å². The van der Waals surface area contributed by atoms with Gasteiger partial charge in [0.25, 0.3) is 0 Å². The summed E-state index contributed by atoms with van der Waals surface area (Å²) in [6, 6.07) is 0. The normalized spacial score (nSPS) is 13.2. The van der Waals surface area contributed by atoms with E-state index < -0.39 is 26.5 Å². The van der Waals surface area contributed by atoms with Gasteiger partial charge in [-0.3, -0.25) is 18.6 Å². The number of carbonyl (C=O) groups excluding carboxylic acids is 2. The average molecular weight is 1230 g/mol. The molecule has 2 unspecified atom stereocenters. The van der Waals surface area contributed by atoms with Crippen LogP contribution in [0.4, 0.5) is 0 Å². The summed E-state index contributed by atoms with van der Waals surface area (Å²) >= 11 is 0. The van der Waals surface area contributed by atoms with Gasteiger partial charge in [-0.2, -0.15) is 0 Å². The van der Waals surface area contributed by atoms with E-state index >= 15 is 0 Å². The molecule has 0 amide bonds. The van der Waals surface area contributed by atoms with E-state index in [-0.39, 0.29) is 25.6 Å². The zero-order chi connectivity index (χ0) is 62.6. The highest BCUT2D eigenvalue weighted by Crippen LogP contribution is 2.43. The summed E-state index contributed by atoms with van der Waals surface area (Å²) in [7, 11) is 1.50. The van der Waals surface area contributed by atoms with Crippen LogP contribution in [-0.2, 0) is 32.7 Å². The van der Waals surface area contributed by atoms with Crippen molar-refractivity contribution in [2.45, 2.75) is 392 Å². The van der Waals surface area contributed by atoms with Gasteiger partial charge >= 0.3 is 19.8 Å². The number of carbonyl (C=O) groups is 2. The van der Waals surface area contributed by atoms with Crippen LogP contribution in [0.15, 0.2) is 36.5 Å². The number of phosphoric ester groups is 1. The fraction of sp³-hybridized carbons (Fsp3) is 0.895. The molecule has 0 bridgehead atoms. The number of ether oxygens (including phenoxy) is 2. The molecule has 2 atom stereocenters. The molecule has 9 nitrogen and oxygen atoms in total. The third-order valence-electron chi connectivity index (χ3n) is 17.1. The Morgan fingerprint density at radius 1 is 0.360 bits per heavy atom. The second-order valence-electron chi connectivity index (χ2n) is 27.0. The molecular formula is C76H147NO8P+. The van der Waals surface area contributed by atoms with Crippen molar-refractivity contribution in [2.75, 3.05) is 47.5 Å². The largest absolute Gasteiger partial charge is 0.472 e. The van der Waals surface area contributed by atoms with Crippen LogP contribution >= 0.6 is 7.82 Å². The molecule has 0 aliphatic rings. The topological polar surface area (TPSA) is 108 Å². The summed E-state index contributed by atoms with van der Waals surface area (Å²) in [6.07, 6.45) is 87.0. The predicted molar refractivity (Wildman–Crippen MR) is 372 cm³/mol. The van der Waals surface area contributed by atoms with Crippen molar-refractivity contribution in [2.24, 2.45) is 0 Å². The minimum atomic E-state index is -4.39. The second kappa shape index (κ2) is 67.6. The molecule has 0 saturated carbocycles. The quantitative estimate of drug-likeness (QED) is 0.0211. The summed E-state index contributed by atoms with van der Waals surface area (Å²) in [5.74, 6) is -0.773. The van der Waals surface area contributed by atoms with E-state index in [0.717, 1.165) is 38.5 Å². The maximum absolute atomic E-state index is 12.9. The van der Waals surface area contributed by atoms with Crippen molar-refractivity contribution >= 4 is 19.8 Å². The average Bonchev–Trinajstić information content (AvgIpc) is 3.70. The van der Waals surface area contributed by atoms with Crippen molar-refractivity contribution < 1.29 is 42.1 Å². The molecule has 0 radical (unpaired) electrons. The summed E-state index contributed by atoms with van der Waals surface area (Å²) in [5.41, 5.74) is 0. The molecule has 1 N–H and O–H groups in total. The Balaban J connectivity index is 3.95. The molecule has 0 aromatic carbocycles. The van der Waals surface area contributed by atoms with Gasteiger partial charge in [-0.25, -0.2) is 4.57 Å². The predicted octanol–water partition coefficient (Wildman–Crippen LogP) is 24.6. The Morgan fingerprint density at radius 2 is 0.628 bits per heavy atom. The number of hydrogen-bond donors (Lipinski definition) is 1. The SMILES string of the molecule is CCCCCCC/C=C\C/C=C\CCCCCCCCCCCCCCCCCCCCCCCC(=O)OC(COC(=O)CCCCCCCCCCCCCCCCCCC/C=C\CCCCCCCCCC)COP(=O)(O)OCC[N+](C)(C)C. The molecule has 0 fully saturated rings. The van der Waals surface area contributed by atoms with Crippen LogP contribution in [-0.4, -0.2) is 74.9 Å². The summed E-state index contributed by atoms with van der Waals surface area (Å²) < 4.78 is 34.8. The Kier molecular flexibility index (Phi) is 66.2. The molecule has 0 aromatic rings. The molecule has 0 heterocycles. The Hall–Kier alpha value is -1.77. The van der Waals surface area contributed by atoms with Crippen molar-refractivity contribution in [1.82, 2.24) is 0 Å². The van der Waals surface area contributed by atoms with Crippen molar-refractivity contribution in [3.63, 3.8) is 0 Å². The van der Waals surface area contributed by atoms with E-state index in [1.807, 2.05) is 21.1 Å². The Morgan fingerprint density at radius 3 is 0.930 bits per heavy atom. The molecule has 10 heteroatoms. The number of phosphoric acid groups is 1. The standard InChI is InChI=1S/C76H146NO8P/c1-6-8-10-12-14-16-18-20-22-24-26-28-30-32-34-36-37-38-39-41-43-45-47-49-51-53-55-57-59-61-63-65-67-69-76(79)85-74(73-84-86(80,81)83-71-70-77(3,4)5)72-82-75(78)68-66-64-62-60-58-56-54-52-50-48-46-44-42-40-35-33-31-29-27-25-23-21-19-17-15-13-11-9-7-2/h18,20,24-27,74H,6-17,19,21-23,28-73H2,1-5H3/p+1/b20-18-,26-24-,27-25-. The van der Waals surface area contributed by atoms with Gasteiger partial charge in [0.15, 0.2) is 6.10 Å². The minimum absolute atomic E-state index is 0.0349. The smallest absolute Gasteiger partial charge is 0.462 e. The lowest BCUT2D eigenvalue weighted by Gasteiger charge is -2.24. The molecular weight excluding hydrogens is 1090 g/mol. The lowest BCUT2D eigenvalue weighted by Crippen LogP contribution is -2.37. The van der Waals surface area contributed by atoms with Crippen molar-refractivity contribution in [3.8, 4) is 0 Å². The molecule has 0 aliphatic heterocycles. The van der Waals surface area contributed by atoms with Gasteiger partial charge in [0.1, 0.15) is 19.8 Å². The molecule has 0 aromatic heterocycles. The van der Waals surface area contributed by atoms with Crippen LogP contribution in [0.1, 0.15) is 386 Å². The van der Waals surface area contributed by atoms with Crippen LogP contribution in [0.3, 0.4) is 0 Å². The van der Waals surface area contributed by atoms with E-state index in [0.29, 0.717) is 23.9 Å². The first-order valence-electron chi connectivity index (χ1n) is 37.7. The van der Waals surface area contributed by atoms with E-state index in [2.05, 4.69) is 50.3 Å². The molecule has 0 saturated heterocycles. The van der Waals surface area contributed by atoms with Gasteiger partial charge in [0.05, 0.1) is 27.7 Å². The van der Waals surface area contributed by atoms with Crippen LogP contribution in [0, 0.1) is 0 Å². The number of nitrogens with zero attached hydrogens (tertiary/aromatic N) is 1. The lowest BCUT2D eigenvalue weighted by molar-refractivity contribution is -0.870. The zero-order valence-electron chi connectivity index (χ0n) is 58.1. The molecule has 0 spiro atoms. The summed E-state index contributed by atoms with van der Waals surface area (Å²) in [6.45, 7) is 4.50. The van der Waals surface area contributed by atoms with E-state index in [4.69, 9.17) is 18.5 Å². The van der Waals surface area contributed by atoms with Crippen LogP contribution in [0.2, 0.25) is 0 Å². The highest BCUT2D eigenvalue weighted by molar-refractivity contribution is 7.47. The van der Waals surface area contributed by atoms with Crippen LogP contribution in [0.5, 0.6) is 0 Å². The number of esters is 2. The van der Waals surface area contributed by atoms with Gasteiger partial charge in [0.2, 0.25) is 0 Å². The fourth-order valence-corrected chi connectivity index (χ4v) is 12.1. The first-order valence-corrected chi connectivity index (χ1v) is 39.2. The Bertz CT molecular complexity index is 1540. The number of hydrogen-bond acceptors (Lipinski definition) is 7. The summed E-state index contributed by atoms with van der Waals surface area (Å²) in [5, 5.41) is 0. The van der Waals surface area contributed by atoms with E-state index in [9.17, 15) is 19.0 Å². The third kappa shape index (κ3) is 71.3. The van der Waals surface area contributed by atoms with Crippen molar-refractivity contribution in [1.29, 1.82) is 0 Å².